The van der Waals surface area contributed by atoms with E-state index in [9.17, 15) is 9.59 Å². The molecule has 2 aliphatic rings. The quantitative estimate of drug-likeness (QED) is 0.719. The van der Waals surface area contributed by atoms with Crippen molar-refractivity contribution in [1.29, 1.82) is 0 Å². The molecule has 0 unspecified atom stereocenters. The van der Waals surface area contributed by atoms with Crippen LogP contribution in [0.2, 0.25) is 0 Å². The summed E-state index contributed by atoms with van der Waals surface area (Å²) in [4.78, 5) is 30.1. The summed E-state index contributed by atoms with van der Waals surface area (Å²) in [6, 6.07) is 10.3. The van der Waals surface area contributed by atoms with Gasteiger partial charge in [-0.25, -0.2) is 0 Å². The third-order valence-corrected chi connectivity index (χ3v) is 6.09. The van der Waals surface area contributed by atoms with Crippen LogP contribution < -0.4 is 5.32 Å². The van der Waals surface area contributed by atoms with Crippen LogP contribution in [0.3, 0.4) is 0 Å². The number of carbonyl (C=O) groups excluding carboxylic acids is 2. The molecular weight excluding hydrogens is 366 g/mol. The molecule has 2 N–H and O–H groups in total. The van der Waals surface area contributed by atoms with Crippen LogP contribution in [-0.2, 0) is 35.6 Å². The number of carbonyl (C=O) groups is 2. The number of aromatic nitrogens is 3. The Labute approximate surface area is 169 Å². The second-order valence-corrected chi connectivity index (χ2v) is 8.03. The lowest BCUT2D eigenvalue weighted by molar-refractivity contribution is -0.134. The molecule has 0 spiro atoms. The summed E-state index contributed by atoms with van der Waals surface area (Å²) in [7, 11) is 0. The van der Waals surface area contributed by atoms with Crippen LogP contribution in [0.1, 0.15) is 48.3 Å². The second kappa shape index (κ2) is 7.06. The van der Waals surface area contributed by atoms with Gasteiger partial charge in [-0.3, -0.25) is 14.3 Å². The molecule has 1 aromatic carbocycles. The number of benzene rings is 1. The Balaban J connectivity index is 1.37. The third-order valence-electron chi connectivity index (χ3n) is 6.09. The smallest absolute Gasteiger partial charge is 0.232 e. The molecule has 1 aliphatic heterocycles. The fourth-order valence-corrected chi connectivity index (χ4v) is 4.70. The SMILES string of the molecule is CC(=O)NCc1cc2n(n1)CCN(C(=O)[C@H]1CCCc3c1[nH]c1ccccc31)C2. The summed E-state index contributed by atoms with van der Waals surface area (Å²) in [5.41, 5.74) is 5.40. The molecule has 0 saturated carbocycles. The molecule has 0 bridgehead atoms. The Kier molecular flexibility index (Phi) is 4.38. The van der Waals surface area contributed by atoms with Crippen LogP contribution in [0.25, 0.3) is 10.9 Å². The first-order chi connectivity index (χ1) is 14.1. The van der Waals surface area contributed by atoms with Gasteiger partial charge in [-0.1, -0.05) is 18.2 Å². The summed E-state index contributed by atoms with van der Waals surface area (Å²) in [5.74, 6) is 0.0343. The number of aromatic amines is 1. The Bertz CT molecular complexity index is 1100. The van der Waals surface area contributed by atoms with Crippen LogP contribution in [0, 0.1) is 0 Å². The second-order valence-electron chi connectivity index (χ2n) is 8.03. The summed E-state index contributed by atoms with van der Waals surface area (Å²) in [5, 5.41) is 8.58. The molecule has 2 aromatic heterocycles. The molecule has 0 radical (unpaired) electrons. The Morgan fingerprint density at radius 3 is 3.00 bits per heavy atom. The molecule has 150 valence electrons. The third kappa shape index (κ3) is 3.20. The highest BCUT2D eigenvalue weighted by molar-refractivity contribution is 5.90. The van der Waals surface area contributed by atoms with Crippen molar-refractivity contribution in [2.75, 3.05) is 6.54 Å². The van der Waals surface area contributed by atoms with Gasteiger partial charge in [-0.2, -0.15) is 5.10 Å². The molecule has 5 rings (SSSR count). The number of H-pyrrole nitrogens is 1. The summed E-state index contributed by atoms with van der Waals surface area (Å²) >= 11 is 0. The lowest BCUT2D eigenvalue weighted by Crippen LogP contribution is -2.41. The Hall–Kier alpha value is -3.09. The highest BCUT2D eigenvalue weighted by Crippen LogP contribution is 2.37. The lowest BCUT2D eigenvalue weighted by atomic mass is 9.85. The number of rotatable bonds is 3. The van der Waals surface area contributed by atoms with Crippen LogP contribution in [-0.4, -0.2) is 38.0 Å². The van der Waals surface area contributed by atoms with E-state index < -0.39 is 0 Å². The number of hydrogen-bond acceptors (Lipinski definition) is 3. The van der Waals surface area contributed by atoms with Crippen molar-refractivity contribution < 1.29 is 9.59 Å². The van der Waals surface area contributed by atoms with Gasteiger partial charge in [0.2, 0.25) is 11.8 Å². The molecule has 1 aliphatic carbocycles. The molecule has 29 heavy (non-hydrogen) atoms. The van der Waals surface area contributed by atoms with Gasteiger partial charge in [-0.05, 0) is 37.0 Å². The summed E-state index contributed by atoms with van der Waals surface area (Å²) in [6.07, 6.45) is 2.96. The zero-order valence-corrected chi connectivity index (χ0v) is 16.6. The normalized spacial score (nSPS) is 18.4. The van der Waals surface area contributed by atoms with Gasteiger partial charge in [-0.15, -0.1) is 0 Å². The molecule has 3 heterocycles. The average molecular weight is 391 g/mol. The van der Waals surface area contributed by atoms with E-state index in [0.717, 1.165) is 41.9 Å². The highest BCUT2D eigenvalue weighted by atomic mass is 16.2. The number of aryl methyl sites for hydroxylation is 1. The van der Waals surface area contributed by atoms with Gasteiger partial charge in [0.05, 0.1) is 36.9 Å². The average Bonchev–Trinajstić information content (AvgIpc) is 3.31. The van der Waals surface area contributed by atoms with Gasteiger partial charge >= 0.3 is 0 Å². The summed E-state index contributed by atoms with van der Waals surface area (Å²) < 4.78 is 1.95. The first-order valence-electron chi connectivity index (χ1n) is 10.3. The molecule has 2 amide bonds. The molecular formula is C22H25N5O2. The number of fused-ring (bicyclic) bond motifs is 4. The van der Waals surface area contributed by atoms with Crippen LogP contribution in [0.5, 0.6) is 0 Å². The fraction of sp³-hybridized carbons (Fsp3) is 0.409. The monoisotopic (exact) mass is 391 g/mol. The molecule has 0 saturated heterocycles. The van der Waals surface area contributed by atoms with Crippen molar-refractivity contribution >= 4 is 22.7 Å². The van der Waals surface area contributed by atoms with Crippen molar-refractivity contribution in [3.8, 4) is 0 Å². The van der Waals surface area contributed by atoms with Crippen LogP contribution in [0.15, 0.2) is 30.3 Å². The van der Waals surface area contributed by atoms with E-state index >= 15 is 0 Å². The zero-order valence-electron chi connectivity index (χ0n) is 16.6. The molecule has 1 atom stereocenters. The number of amides is 2. The van der Waals surface area contributed by atoms with Gasteiger partial charge in [0, 0.05) is 30.1 Å². The predicted octanol–water partition coefficient (Wildman–Crippen LogP) is 2.46. The minimum atomic E-state index is -0.0977. The van der Waals surface area contributed by atoms with E-state index in [1.807, 2.05) is 21.7 Å². The largest absolute Gasteiger partial charge is 0.357 e. The molecule has 7 heteroatoms. The Morgan fingerprint density at radius 1 is 1.28 bits per heavy atom. The first kappa shape index (κ1) is 18.0. The van der Waals surface area contributed by atoms with E-state index in [1.54, 1.807) is 0 Å². The van der Waals surface area contributed by atoms with Crippen LogP contribution >= 0.6 is 0 Å². The standard InChI is InChI=1S/C22H25N5O2/c1-14(28)23-12-15-11-16-13-26(9-10-27(16)25-15)22(29)19-7-4-6-18-17-5-2-3-8-20(17)24-21(18)19/h2-3,5,8,11,19,24H,4,6-7,9-10,12-13H2,1H3,(H,23,28)/t19-/m0/s1. The van der Waals surface area contributed by atoms with Crippen molar-refractivity contribution in [1.82, 2.24) is 25.0 Å². The maximum absolute atomic E-state index is 13.4. The first-order valence-corrected chi connectivity index (χ1v) is 10.3. The van der Waals surface area contributed by atoms with Crippen molar-refractivity contribution in [2.24, 2.45) is 0 Å². The van der Waals surface area contributed by atoms with E-state index in [1.165, 1.54) is 17.9 Å². The number of para-hydroxylation sites is 1. The van der Waals surface area contributed by atoms with E-state index in [2.05, 4.69) is 33.6 Å². The lowest BCUT2D eigenvalue weighted by Gasteiger charge is -2.32. The number of nitrogens with zero attached hydrogens (tertiary/aromatic N) is 3. The number of nitrogens with one attached hydrogen (secondary N) is 2. The summed E-state index contributed by atoms with van der Waals surface area (Å²) in [6.45, 7) is 3.84. The minimum Gasteiger partial charge on any atom is -0.357 e. The molecule has 7 nitrogen and oxygen atoms in total. The van der Waals surface area contributed by atoms with Crippen molar-refractivity contribution in [3.63, 3.8) is 0 Å². The van der Waals surface area contributed by atoms with E-state index in [-0.39, 0.29) is 17.7 Å². The topological polar surface area (TPSA) is 83.0 Å². The van der Waals surface area contributed by atoms with Gasteiger partial charge < -0.3 is 15.2 Å². The highest BCUT2D eigenvalue weighted by Gasteiger charge is 2.34. The van der Waals surface area contributed by atoms with Gasteiger partial charge in [0.15, 0.2) is 0 Å². The van der Waals surface area contributed by atoms with Crippen molar-refractivity contribution in [2.45, 2.75) is 51.7 Å². The van der Waals surface area contributed by atoms with E-state index in [4.69, 9.17) is 0 Å². The fourth-order valence-electron chi connectivity index (χ4n) is 4.70. The van der Waals surface area contributed by atoms with Gasteiger partial charge in [0.1, 0.15) is 0 Å². The minimum absolute atomic E-state index is 0.0702. The van der Waals surface area contributed by atoms with E-state index in [0.29, 0.717) is 26.2 Å². The maximum Gasteiger partial charge on any atom is 0.232 e. The van der Waals surface area contributed by atoms with Crippen LogP contribution in [0.4, 0.5) is 0 Å². The van der Waals surface area contributed by atoms with Crippen molar-refractivity contribution in [3.05, 3.63) is 53.0 Å². The van der Waals surface area contributed by atoms with Gasteiger partial charge in [0.25, 0.3) is 0 Å². The number of hydrogen-bond donors (Lipinski definition) is 2. The molecule has 0 fully saturated rings. The maximum atomic E-state index is 13.4. The zero-order chi connectivity index (χ0) is 20.0. The Morgan fingerprint density at radius 2 is 2.14 bits per heavy atom. The molecule has 3 aromatic rings. The predicted molar refractivity (Wildman–Crippen MR) is 109 cm³/mol.